The first-order valence-corrected chi connectivity index (χ1v) is 8.04. The van der Waals surface area contributed by atoms with Crippen LogP contribution in [-0.2, 0) is 16.0 Å². The summed E-state index contributed by atoms with van der Waals surface area (Å²) in [5.41, 5.74) is 0.558. The van der Waals surface area contributed by atoms with Gasteiger partial charge in [-0.15, -0.1) is 0 Å². The Morgan fingerprint density at radius 2 is 2.08 bits per heavy atom. The van der Waals surface area contributed by atoms with Gasteiger partial charge in [-0.25, -0.2) is 0 Å². The van der Waals surface area contributed by atoms with E-state index in [0.717, 1.165) is 6.42 Å². The lowest BCUT2D eigenvalue weighted by molar-refractivity contribution is -0.147. The molecule has 1 unspecified atom stereocenters. The summed E-state index contributed by atoms with van der Waals surface area (Å²) in [7, 11) is 0. The van der Waals surface area contributed by atoms with Gasteiger partial charge in [-0.2, -0.15) is 0 Å². The second kappa shape index (κ2) is 6.28. The first kappa shape index (κ1) is 16.5. The van der Waals surface area contributed by atoms with E-state index in [9.17, 15) is 19.8 Å². The molecule has 24 heavy (non-hydrogen) atoms. The van der Waals surface area contributed by atoms with Crippen molar-refractivity contribution in [2.24, 2.45) is 0 Å². The van der Waals surface area contributed by atoms with Crippen LogP contribution in [0.25, 0.3) is 0 Å². The number of aliphatic hydroxyl groups is 1. The predicted molar refractivity (Wildman–Crippen MR) is 84.9 cm³/mol. The Morgan fingerprint density at radius 1 is 1.29 bits per heavy atom. The third-order valence-corrected chi connectivity index (χ3v) is 4.18. The molecule has 1 aromatic carbocycles. The monoisotopic (exact) mass is 332 g/mol. The Labute approximate surface area is 139 Å². The number of carbonyl (C=O) groups excluding carboxylic acids is 2. The first-order valence-electron chi connectivity index (χ1n) is 8.04. The molecule has 2 atom stereocenters. The van der Waals surface area contributed by atoms with E-state index in [2.05, 4.69) is 0 Å². The number of hydrogen-bond donors (Lipinski definition) is 2. The van der Waals surface area contributed by atoms with Crippen molar-refractivity contribution < 1.29 is 29.3 Å². The van der Waals surface area contributed by atoms with Crippen LogP contribution in [0, 0.1) is 0 Å². The fraction of sp³-hybridized carbons (Fsp3) is 0.444. The zero-order valence-corrected chi connectivity index (χ0v) is 13.4. The van der Waals surface area contributed by atoms with E-state index in [1.165, 1.54) is 18.2 Å². The van der Waals surface area contributed by atoms with E-state index < -0.39 is 11.8 Å². The Balaban J connectivity index is 2.06. The minimum absolute atomic E-state index is 0.0753. The summed E-state index contributed by atoms with van der Waals surface area (Å²) in [6, 6.07) is 2.63. The third kappa shape index (κ3) is 3.43. The van der Waals surface area contributed by atoms with Crippen molar-refractivity contribution in [1.29, 1.82) is 0 Å². The van der Waals surface area contributed by atoms with E-state index in [1.54, 1.807) is 6.08 Å². The van der Waals surface area contributed by atoms with E-state index >= 15 is 0 Å². The van der Waals surface area contributed by atoms with E-state index in [1.807, 2.05) is 6.92 Å². The van der Waals surface area contributed by atoms with Crippen LogP contribution in [0.3, 0.4) is 0 Å². The summed E-state index contributed by atoms with van der Waals surface area (Å²) in [4.78, 5) is 24.6. The van der Waals surface area contributed by atoms with E-state index in [4.69, 9.17) is 9.47 Å². The number of Topliss-reactive ketones (excluding diaryl/α,β-unsaturated/α-hetero) is 1. The molecule has 0 aliphatic carbocycles. The zero-order chi connectivity index (χ0) is 17.3. The van der Waals surface area contributed by atoms with Crippen molar-refractivity contribution in [2.45, 2.75) is 50.9 Å². The molecule has 0 aromatic heterocycles. The normalized spacial score (nSPS) is 27.3. The maximum atomic E-state index is 12.5. The van der Waals surface area contributed by atoms with E-state index in [0.29, 0.717) is 18.4 Å². The molecule has 0 spiro atoms. The lowest BCUT2D eigenvalue weighted by atomic mass is 9.92. The number of esters is 1. The molecule has 3 aliphatic rings. The molecule has 128 valence electrons. The highest BCUT2D eigenvalue weighted by atomic mass is 16.6. The number of ketones is 1. The lowest BCUT2D eigenvalue weighted by Gasteiger charge is -2.32. The molecule has 1 aromatic rings. The molecule has 0 amide bonds. The number of aromatic hydroxyl groups is 1. The van der Waals surface area contributed by atoms with E-state index in [-0.39, 0.29) is 41.8 Å². The van der Waals surface area contributed by atoms with Crippen molar-refractivity contribution in [3.63, 3.8) is 0 Å². The van der Waals surface area contributed by atoms with Gasteiger partial charge in [0.05, 0.1) is 24.5 Å². The highest BCUT2D eigenvalue weighted by Gasteiger charge is 2.38. The number of benzene rings is 1. The second-order valence-corrected chi connectivity index (χ2v) is 6.34. The number of phenols is 1. The highest BCUT2D eigenvalue weighted by Crippen LogP contribution is 2.38. The van der Waals surface area contributed by atoms with Gasteiger partial charge in [-0.05, 0) is 43.9 Å². The summed E-state index contributed by atoms with van der Waals surface area (Å²) in [6.45, 7) is 1.82. The predicted octanol–water partition coefficient (Wildman–Crippen LogP) is 2.26. The molecule has 3 heterocycles. The number of allylic oxidation sites excluding steroid dienone is 1. The average Bonchev–Trinajstić information content (AvgIpc) is 2.44. The number of ether oxygens (including phenoxy) is 2. The van der Waals surface area contributed by atoms with Gasteiger partial charge in [0.25, 0.3) is 0 Å². The Morgan fingerprint density at radius 3 is 2.88 bits per heavy atom. The van der Waals surface area contributed by atoms with Crippen LogP contribution in [0.5, 0.6) is 11.5 Å². The lowest BCUT2D eigenvalue weighted by Crippen LogP contribution is -2.40. The summed E-state index contributed by atoms with van der Waals surface area (Å²) in [5.74, 6) is -2.59. The Kier molecular flexibility index (Phi) is 4.32. The first-order chi connectivity index (χ1) is 11.4. The summed E-state index contributed by atoms with van der Waals surface area (Å²) in [6.07, 6.45) is 4.77. The molecule has 0 radical (unpaired) electrons. The minimum Gasteiger partial charge on any atom is -0.508 e. The van der Waals surface area contributed by atoms with Gasteiger partial charge in [0.1, 0.15) is 11.5 Å². The average molecular weight is 332 g/mol. The molecule has 3 aliphatic heterocycles. The molecule has 6 nitrogen and oxygen atoms in total. The zero-order valence-electron chi connectivity index (χ0n) is 13.4. The molecule has 4 bridgehead atoms. The molecule has 2 N–H and O–H groups in total. The smallest absolute Gasteiger partial charge is 0.310 e. The SMILES string of the molecule is C[C@@H]1CCCC=CC2(O)CC(=O)c3c(cc(O)cc3O2)CC(=O)O1. The van der Waals surface area contributed by atoms with Crippen LogP contribution in [0.2, 0.25) is 0 Å². The minimum atomic E-state index is -1.73. The van der Waals surface area contributed by atoms with Crippen LogP contribution in [-0.4, -0.2) is 33.9 Å². The molecular weight excluding hydrogens is 312 g/mol. The van der Waals surface area contributed by atoms with Crippen molar-refractivity contribution in [1.82, 2.24) is 0 Å². The van der Waals surface area contributed by atoms with Crippen LogP contribution in [0.4, 0.5) is 0 Å². The van der Waals surface area contributed by atoms with Gasteiger partial charge in [0.15, 0.2) is 5.78 Å². The highest BCUT2D eigenvalue weighted by molar-refractivity contribution is 6.02. The van der Waals surface area contributed by atoms with Crippen LogP contribution < -0.4 is 4.74 Å². The summed E-state index contributed by atoms with van der Waals surface area (Å²) >= 11 is 0. The number of carbonyl (C=O) groups is 2. The Hall–Kier alpha value is -2.34. The fourth-order valence-corrected chi connectivity index (χ4v) is 3.10. The second-order valence-electron chi connectivity index (χ2n) is 6.34. The van der Waals surface area contributed by atoms with Crippen molar-refractivity contribution in [2.75, 3.05) is 0 Å². The largest absolute Gasteiger partial charge is 0.508 e. The molecule has 4 rings (SSSR count). The van der Waals surface area contributed by atoms with Crippen LogP contribution in [0.15, 0.2) is 24.3 Å². The third-order valence-electron chi connectivity index (χ3n) is 4.18. The number of fused-ring (bicyclic) bond motifs is 8. The van der Waals surface area contributed by atoms with Crippen molar-refractivity contribution in [3.8, 4) is 11.5 Å². The fourth-order valence-electron chi connectivity index (χ4n) is 3.10. The topological polar surface area (TPSA) is 93.1 Å². The van der Waals surface area contributed by atoms with Gasteiger partial charge < -0.3 is 19.7 Å². The van der Waals surface area contributed by atoms with Gasteiger partial charge in [0, 0.05) is 6.07 Å². The van der Waals surface area contributed by atoms with Crippen molar-refractivity contribution >= 4 is 11.8 Å². The molecule has 0 saturated carbocycles. The molecule has 0 fully saturated rings. The molecule has 6 heteroatoms. The Bertz CT molecular complexity index is 708. The maximum absolute atomic E-state index is 12.5. The van der Waals surface area contributed by atoms with Gasteiger partial charge >= 0.3 is 5.97 Å². The molecular formula is C18H20O6. The quantitative estimate of drug-likeness (QED) is 0.559. The van der Waals surface area contributed by atoms with Gasteiger partial charge in [-0.1, -0.05) is 6.08 Å². The number of rotatable bonds is 0. The molecule has 0 saturated heterocycles. The van der Waals surface area contributed by atoms with Crippen LogP contribution >= 0.6 is 0 Å². The van der Waals surface area contributed by atoms with Gasteiger partial charge in [0.2, 0.25) is 5.79 Å². The van der Waals surface area contributed by atoms with Crippen LogP contribution in [0.1, 0.15) is 48.5 Å². The number of hydrogen-bond acceptors (Lipinski definition) is 6. The van der Waals surface area contributed by atoms with Gasteiger partial charge in [-0.3, -0.25) is 9.59 Å². The number of phenolic OH excluding ortho intramolecular Hbond substituents is 1. The summed E-state index contributed by atoms with van der Waals surface area (Å²) in [5, 5.41) is 20.4. The maximum Gasteiger partial charge on any atom is 0.310 e. The standard InChI is InChI=1S/C18H20O6/c1-11-5-3-2-4-6-18(22)10-14(20)17-12(8-16(21)23-11)7-13(19)9-15(17)24-18/h4,6-7,9,11,19,22H,2-3,5,8,10H2,1H3/t11-,18?/m1/s1. The van der Waals surface area contributed by atoms with Crippen molar-refractivity contribution in [3.05, 3.63) is 35.4 Å². The summed E-state index contributed by atoms with van der Waals surface area (Å²) < 4.78 is 10.9.